The molecule has 0 aromatic heterocycles. The Morgan fingerprint density at radius 3 is 2.32 bits per heavy atom. The summed E-state index contributed by atoms with van der Waals surface area (Å²) in [4.78, 5) is 35.9. The van der Waals surface area contributed by atoms with Crippen molar-refractivity contribution >= 4 is 17.7 Å². The van der Waals surface area contributed by atoms with Gasteiger partial charge in [0.2, 0.25) is 11.7 Å². The minimum atomic E-state index is -1.44. The molecule has 2 aliphatic carbocycles. The summed E-state index contributed by atoms with van der Waals surface area (Å²) in [6.45, 7) is 9.48. The minimum absolute atomic E-state index is 0.00214. The molecule has 1 heterocycles. The van der Waals surface area contributed by atoms with Crippen LogP contribution in [0.15, 0.2) is 78.0 Å². The summed E-state index contributed by atoms with van der Waals surface area (Å²) in [7, 11) is 0. The van der Waals surface area contributed by atoms with Crippen LogP contribution in [0.3, 0.4) is 0 Å². The molecular weight excluding hydrogens is 839 g/mol. The van der Waals surface area contributed by atoms with Crippen LogP contribution in [-0.4, -0.2) is 102 Å². The number of carbonyl (C=O) groups is 2. The van der Waals surface area contributed by atoms with E-state index in [0.717, 1.165) is 68.1 Å². The first-order valence-electron chi connectivity index (χ1n) is 25.0. The molecule has 3 aliphatic rings. The second kappa shape index (κ2) is 28.8. The molecule has 2 aromatic carbocycles. The summed E-state index contributed by atoms with van der Waals surface area (Å²) in [6, 6.07) is 14.6. The Bertz CT molecular complexity index is 1820. The van der Waals surface area contributed by atoms with Crippen LogP contribution in [0.5, 0.6) is 11.5 Å². The zero-order valence-corrected chi connectivity index (χ0v) is 39.8. The van der Waals surface area contributed by atoms with E-state index < -0.39 is 23.8 Å². The molecular formula is C53H79N3O10. The SMILES string of the molecule is C=CCOC12Oc3ccc(OC(=O)NCC)cc3C3C(CCCCO)C(CCCCO)C=C(C(=NOCc4ccccc4)CC1N(CCOCCO)C(=O)CCCCCCCCCCC)C32. The normalized spacial score (nSPS) is 22.4. The minimum Gasteiger partial charge on any atom is -0.459 e. The van der Waals surface area contributed by atoms with Crippen LogP contribution >= 0.6 is 0 Å². The number of carbonyl (C=O) groups excluding carboxylic acids is 2. The maximum atomic E-state index is 14.9. The second-order valence-electron chi connectivity index (χ2n) is 18.0. The highest BCUT2D eigenvalue weighted by molar-refractivity contribution is 6.03. The topological polar surface area (TPSA) is 169 Å². The molecule has 0 bridgehead atoms. The molecule has 2 aromatic rings. The van der Waals surface area contributed by atoms with Crippen molar-refractivity contribution in [1.29, 1.82) is 0 Å². The van der Waals surface area contributed by atoms with E-state index in [1.807, 2.05) is 54.3 Å². The Kier molecular flexibility index (Phi) is 23.0. The highest BCUT2D eigenvalue weighted by Gasteiger charge is 2.65. The third-order valence-corrected chi connectivity index (χ3v) is 13.3. The van der Waals surface area contributed by atoms with Gasteiger partial charge in [0, 0.05) is 50.6 Å². The summed E-state index contributed by atoms with van der Waals surface area (Å²) in [5.41, 5.74) is 3.44. The van der Waals surface area contributed by atoms with Gasteiger partial charge in [0.1, 0.15) is 24.1 Å². The van der Waals surface area contributed by atoms with Gasteiger partial charge < -0.3 is 49.3 Å². The number of aliphatic hydroxyl groups is 3. The fraction of sp³-hybridized carbons (Fsp3) is 0.642. The van der Waals surface area contributed by atoms with Crippen molar-refractivity contribution < 1.29 is 48.7 Å². The first-order chi connectivity index (χ1) is 32.3. The number of benzene rings is 2. The van der Waals surface area contributed by atoms with Crippen molar-refractivity contribution in [3.05, 3.63) is 84.0 Å². The van der Waals surface area contributed by atoms with E-state index in [1.165, 1.54) is 32.1 Å². The molecule has 0 saturated heterocycles. The first kappa shape index (κ1) is 52.7. The average molecular weight is 918 g/mol. The molecule has 4 N–H and O–H groups in total. The molecule has 1 aliphatic heterocycles. The van der Waals surface area contributed by atoms with Crippen molar-refractivity contribution in [3.63, 3.8) is 0 Å². The number of ether oxygens (including phenoxy) is 4. The van der Waals surface area contributed by atoms with Gasteiger partial charge in [-0.15, -0.1) is 6.58 Å². The zero-order valence-electron chi connectivity index (χ0n) is 39.8. The molecule has 13 nitrogen and oxygen atoms in total. The molecule has 5 rings (SSSR count). The number of hydrogen-bond donors (Lipinski definition) is 4. The Balaban J connectivity index is 1.67. The molecule has 0 radical (unpaired) electrons. The number of amides is 2. The molecule has 2 amide bonds. The quantitative estimate of drug-likeness (QED) is 0.0315. The lowest BCUT2D eigenvalue weighted by Crippen LogP contribution is -2.70. The molecule has 366 valence electrons. The standard InChI is InChI=1S/C53H79N3O10/c1-4-7-8-9-10-11-12-13-17-26-49(60)56(29-34-62-35-32-59)48-38-46(55-64-39-40-22-15-14-16-23-40)44-36-41(24-18-20-30-57)43(25-19-21-31-58)50-45-37-42(65-52(61)54-6-3)27-28-47(45)66-53(48,51(44)50)63-33-5-2/h5,14-16,22-23,27-28,36-37,41,43,48,50-51,57-59H,2,4,6-13,17-21,24-26,29-35,38-39H2,1,3H3,(H,54,61). The van der Waals surface area contributed by atoms with Gasteiger partial charge in [0.25, 0.3) is 0 Å². The second-order valence-corrected chi connectivity index (χ2v) is 18.0. The highest BCUT2D eigenvalue weighted by atomic mass is 16.7. The van der Waals surface area contributed by atoms with Crippen LogP contribution in [-0.2, 0) is 25.7 Å². The van der Waals surface area contributed by atoms with E-state index in [1.54, 1.807) is 12.1 Å². The van der Waals surface area contributed by atoms with Crippen LogP contribution in [0, 0.1) is 17.8 Å². The third kappa shape index (κ3) is 14.6. The third-order valence-electron chi connectivity index (χ3n) is 13.3. The number of oxime groups is 1. The lowest BCUT2D eigenvalue weighted by molar-refractivity contribution is -0.258. The number of unbranched alkanes of at least 4 members (excludes halogenated alkanes) is 10. The smallest absolute Gasteiger partial charge is 0.412 e. The van der Waals surface area contributed by atoms with Crippen molar-refractivity contribution in [1.82, 2.24) is 10.2 Å². The molecule has 1 fully saturated rings. The maximum Gasteiger partial charge on any atom is 0.412 e. The number of nitrogens with zero attached hydrogens (tertiary/aromatic N) is 2. The number of rotatable bonds is 32. The number of hydrogen-bond acceptors (Lipinski definition) is 11. The van der Waals surface area contributed by atoms with Crippen LogP contribution < -0.4 is 14.8 Å². The van der Waals surface area contributed by atoms with Gasteiger partial charge in [-0.2, -0.15) is 0 Å². The monoisotopic (exact) mass is 918 g/mol. The van der Waals surface area contributed by atoms with Gasteiger partial charge in [-0.3, -0.25) is 4.79 Å². The van der Waals surface area contributed by atoms with Crippen LogP contribution in [0.1, 0.15) is 140 Å². The van der Waals surface area contributed by atoms with Crippen LogP contribution in [0.25, 0.3) is 0 Å². The average Bonchev–Trinajstić information content (AvgIpc) is 3.32. The predicted octanol–water partition coefficient (Wildman–Crippen LogP) is 9.39. The fourth-order valence-electron chi connectivity index (χ4n) is 10.3. The lowest BCUT2D eigenvalue weighted by atomic mass is 9.55. The Hall–Kier alpha value is -4.27. The lowest BCUT2D eigenvalue weighted by Gasteiger charge is -2.60. The summed E-state index contributed by atoms with van der Waals surface area (Å²) < 4.78 is 26.2. The maximum absolute atomic E-state index is 14.9. The van der Waals surface area contributed by atoms with E-state index in [0.29, 0.717) is 43.0 Å². The van der Waals surface area contributed by atoms with Crippen molar-refractivity contribution in [3.8, 4) is 11.5 Å². The summed E-state index contributed by atoms with van der Waals surface area (Å²) in [5.74, 6) is -1.29. The van der Waals surface area contributed by atoms with E-state index in [4.69, 9.17) is 28.9 Å². The molecule has 6 atom stereocenters. The van der Waals surface area contributed by atoms with E-state index >= 15 is 0 Å². The van der Waals surface area contributed by atoms with E-state index in [-0.39, 0.29) is 82.9 Å². The van der Waals surface area contributed by atoms with Gasteiger partial charge in [0.05, 0.1) is 38.1 Å². The molecule has 1 saturated carbocycles. The van der Waals surface area contributed by atoms with E-state index in [2.05, 4.69) is 24.9 Å². The van der Waals surface area contributed by atoms with Crippen molar-refractivity contribution in [2.24, 2.45) is 22.9 Å². The predicted molar refractivity (Wildman–Crippen MR) is 257 cm³/mol. The van der Waals surface area contributed by atoms with Crippen LogP contribution in [0.4, 0.5) is 4.79 Å². The largest absolute Gasteiger partial charge is 0.459 e. The summed E-state index contributed by atoms with van der Waals surface area (Å²) in [6.07, 6.45) is 18.6. The van der Waals surface area contributed by atoms with Gasteiger partial charge in [-0.1, -0.05) is 119 Å². The van der Waals surface area contributed by atoms with E-state index in [9.17, 15) is 24.9 Å². The number of aliphatic hydroxyl groups excluding tert-OH is 3. The van der Waals surface area contributed by atoms with Crippen molar-refractivity contribution in [2.75, 3.05) is 52.7 Å². The Morgan fingerprint density at radius 2 is 1.62 bits per heavy atom. The zero-order chi connectivity index (χ0) is 47.0. The highest BCUT2D eigenvalue weighted by Crippen LogP contribution is 2.62. The van der Waals surface area contributed by atoms with Crippen LogP contribution in [0.2, 0.25) is 0 Å². The number of nitrogens with one attached hydrogen (secondary N) is 1. The summed E-state index contributed by atoms with van der Waals surface area (Å²) >= 11 is 0. The molecule has 13 heteroatoms. The van der Waals surface area contributed by atoms with Gasteiger partial charge in [-0.05, 0) is 80.2 Å². The Morgan fingerprint density at radius 1 is 0.894 bits per heavy atom. The fourth-order valence-corrected chi connectivity index (χ4v) is 10.3. The molecule has 0 spiro atoms. The number of fused-ring (bicyclic) bond motifs is 2. The molecule has 66 heavy (non-hydrogen) atoms. The van der Waals surface area contributed by atoms with Gasteiger partial charge in [0.15, 0.2) is 0 Å². The first-order valence-corrected chi connectivity index (χ1v) is 25.0. The van der Waals surface area contributed by atoms with Crippen molar-refractivity contribution in [2.45, 2.75) is 147 Å². The summed E-state index contributed by atoms with van der Waals surface area (Å²) in [5, 5.41) is 37.3. The molecule has 6 unspecified atom stereocenters. The number of allylic oxidation sites excluding steroid dienone is 1. The van der Waals surface area contributed by atoms with Gasteiger partial charge >= 0.3 is 6.09 Å². The Labute approximate surface area is 393 Å². The van der Waals surface area contributed by atoms with Gasteiger partial charge in [-0.25, -0.2) is 4.79 Å².